The lowest BCUT2D eigenvalue weighted by Gasteiger charge is -2.27. The third-order valence-corrected chi connectivity index (χ3v) is 6.00. The standard InChI is InChI=1S/C22H20O3/c1-22-11-10-13(12-22)17-19(22)20(23)15-8-5-9-16(18(15)21(17)24)25-14-6-3-2-4-7-14/h2-9,13,23-24H,10-12H2,1H3. The molecule has 0 saturated heterocycles. The van der Waals surface area contributed by atoms with Crippen LogP contribution >= 0.6 is 0 Å². The smallest absolute Gasteiger partial charge is 0.139 e. The second-order valence-corrected chi connectivity index (χ2v) is 7.58. The lowest BCUT2D eigenvalue weighted by molar-refractivity contribution is 0.425. The highest BCUT2D eigenvalue weighted by Crippen LogP contribution is 2.64. The molecule has 2 bridgehead atoms. The van der Waals surface area contributed by atoms with Crippen molar-refractivity contribution in [2.24, 2.45) is 0 Å². The number of aromatic hydroxyl groups is 2. The first kappa shape index (κ1) is 14.6. The third-order valence-electron chi connectivity index (χ3n) is 6.00. The lowest BCUT2D eigenvalue weighted by Crippen LogP contribution is -2.16. The number of rotatable bonds is 2. The van der Waals surface area contributed by atoms with Crippen molar-refractivity contribution in [3.63, 3.8) is 0 Å². The lowest BCUT2D eigenvalue weighted by atomic mass is 9.79. The maximum absolute atomic E-state index is 11.1. The minimum absolute atomic E-state index is 0.0218. The molecular formula is C22H20O3. The van der Waals surface area contributed by atoms with Gasteiger partial charge in [0.15, 0.2) is 0 Å². The van der Waals surface area contributed by atoms with Gasteiger partial charge in [-0.3, -0.25) is 0 Å². The molecule has 1 fully saturated rings. The summed E-state index contributed by atoms with van der Waals surface area (Å²) >= 11 is 0. The van der Waals surface area contributed by atoms with Gasteiger partial charge < -0.3 is 14.9 Å². The van der Waals surface area contributed by atoms with Crippen molar-refractivity contribution < 1.29 is 14.9 Å². The van der Waals surface area contributed by atoms with Crippen molar-refractivity contribution in [1.82, 2.24) is 0 Å². The van der Waals surface area contributed by atoms with E-state index in [1.165, 1.54) is 0 Å². The molecule has 3 heteroatoms. The predicted octanol–water partition coefficient (Wildman–Crippen LogP) is 5.58. The number of benzene rings is 3. The Hall–Kier alpha value is -2.68. The number of phenolic OH excluding ortho intramolecular Hbond substituents is 2. The van der Waals surface area contributed by atoms with Gasteiger partial charge in [0, 0.05) is 16.5 Å². The zero-order valence-corrected chi connectivity index (χ0v) is 14.1. The van der Waals surface area contributed by atoms with Crippen molar-refractivity contribution >= 4 is 10.8 Å². The highest BCUT2D eigenvalue weighted by atomic mass is 16.5. The van der Waals surface area contributed by atoms with Crippen LogP contribution in [0.3, 0.4) is 0 Å². The monoisotopic (exact) mass is 332 g/mol. The average Bonchev–Trinajstić information content (AvgIpc) is 3.14. The van der Waals surface area contributed by atoms with Crippen LogP contribution in [0.2, 0.25) is 0 Å². The quantitative estimate of drug-likeness (QED) is 0.602. The van der Waals surface area contributed by atoms with Gasteiger partial charge >= 0.3 is 0 Å². The fraction of sp³-hybridized carbons (Fsp3) is 0.273. The Morgan fingerprint density at radius 3 is 2.60 bits per heavy atom. The van der Waals surface area contributed by atoms with E-state index >= 15 is 0 Å². The van der Waals surface area contributed by atoms with Gasteiger partial charge in [0.05, 0.1) is 5.39 Å². The van der Waals surface area contributed by atoms with Crippen LogP contribution in [0.4, 0.5) is 0 Å². The molecular weight excluding hydrogens is 312 g/mol. The first-order valence-electron chi connectivity index (χ1n) is 8.82. The Kier molecular flexibility index (Phi) is 2.88. The van der Waals surface area contributed by atoms with Gasteiger partial charge in [-0.1, -0.05) is 37.3 Å². The van der Waals surface area contributed by atoms with Gasteiger partial charge in [-0.25, -0.2) is 0 Å². The maximum Gasteiger partial charge on any atom is 0.139 e. The zero-order valence-electron chi connectivity index (χ0n) is 14.1. The fourth-order valence-corrected chi connectivity index (χ4v) is 4.91. The van der Waals surface area contributed by atoms with E-state index < -0.39 is 0 Å². The summed E-state index contributed by atoms with van der Waals surface area (Å²) in [5, 5.41) is 23.4. The number of hydrogen-bond donors (Lipinski definition) is 2. The van der Waals surface area contributed by atoms with Crippen LogP contribution in [0.1, 0.15) is 43.2 Å². The summed E-state index contributed by atoms with van der Waals surface area (Å²) < 4.78 is 6.02. The summed E-state index contributed by atoms with van der Waals surface area (Å²) in [5.41, 5.74) is 1.86. The summed E-state index contributed by atoms with van der Waals surface area (Å²) in [6.07, 6.45) is 3.15. The first-order valence-corrected chi connectivity index (χ1v) is 8.82. The van der Waals surface area contributed by atoms with E-state index in [0.29, 0.717) is 33.9 Å². The van der Waals surface area contributed by atoms with E-state index in [4.69, 9.17) is 4.74 Å². The van der Waals surface area contributed by atoms with Crippen LogP contribution in [0.25, 0.3) is 10.8 Å². The van der Waals surface area contributed by atoms with Crippen molar-refractivity contribution in [1.29, 1.82) is 0 Å². The molecule has 5 rings (SSSR count). The Bertz CT molecular complexity index is 993. The summed E-state index contributed by atoms with van der Waals surface area (Å²) in [6, 6.07) is 15.1. The van der Waals surface area contributed by atoms with Crippen molar-refractivity contribution in [2.45, 2.75) is 37.5 Å². The van der Waals surface area contributed by atoms with Crippen molar-refractivity contribution in [3.05, 3.63) is 59.7 Å². The number of phenols is 2. The van der Waals surface area contributed by atoms with E-state index in [2.05, 4.69) is 6.92 Å². The van der Waals surface area contributed by atoms with E-state index in [0.717, 1.165) is 30.4 Å². The molecule has 2 atom stereocenters. The summed E-state index contributed by atoms with van der Waals surface area (Å²) in [4.78, 5) is 0. The molecule has 126 valence electrons. The molecule has 0 radical (unpaired) electrons. The molecule has 25 heavy (non-hydrogen) atoms. The molecule has 3 aromatic rings. The summed E-state index contributed by atoms with van der Waals surface area (Å²) in [7, 11) is 0. The molecule has 0 heterocycles. The van der Waals surface area contributed by atoms with Crippen molar-refractivity contribution in [3.8, 4) is 23.0 Å². The molecule has 2 N–H and O–H groups in total. The van der Waals surface area contributed by atoms with E-state index in [9.17, 15) is 10.2 Å². The van der Waals surface area contributed by atoms with Crippen LogP contribution in [-0.4, -0.2) is 10.2 Å². The Labute approximate surface area is 146 Å². The number of hydrogen-bond acceptors (Lipinski definition) is 3. The molecule has 0 amide bonds. The Balaban J connectivity index is 1.78. The highest BCUT2D eigenvalue weighted by molar-refractivity contribution is 6.01. The molecule has 2 unspecified atom stereocenters. The van der Waals surface area contributed by atoms with Gasteiger partial charge in [0.25, 0.3) is 0 Å². The van der Waals surface area contributed by atoms with E-state index in [1.807, 2.05) is 48.5 Å². The van der Waals surface area contributed by atoms with E-state index in [1.54, 1.807) is 0 Å². The normalized spacial score (nSPS) is 23.8. The minimum Gasteiger partial charge on any atom is -0.507 e. The predicted molar refractivity (Wildman–Crippen MR) is 97.7 cm³/mol. The Morgan fingerprint density at radius 1 is 1.00 bits per heavy atom. The highest BCUT2D eigenvalue weighted by Gasteiger charge is 2.49. The summed E-state index contributed by atoms with van der Waals surface area (Å²) in [5.74, 6) is 2.21. The van der Waals surface area contributed by atoms with Crippen molar-refractivity contribution in [2.75, 3.05) is 0 Å². The number of fused-ring (bicyclic) bond motifs is 6. The van der Waals surface area contributed by atoms with Crippen LogP contribution < -0.4 is 4.74 Å². The van der Waals surface area contributed by atoms with Gasteiger partial charge in [-0.15, -0.1) is 0 Å². The molecule has 2 aliphatic carbocycles. The van der Waals surface area contributed by atoms with Crippen LogP contribution in [-0.2, 0) is 5.41 Å². The number of ether oxygens (including phenoxy) is 1. The van der Waals surface area contributed by atoms with E-state index in [-0.39, 0.29) is 11.2 Å². The van der Waals surface area contributed by atoms with Crippen LogP contribution in [0, 0.1) is 0 Å². The molecule has 1 saturated carbocycles. The maximum atomic E-state index is 11.1. The van der Waals surface area contributed by atoms with Gasteiger partial charge in [-0.05, 0) is 48.8 Å². The minimum atomic E-state index is -0.0218. The largest absolute Gasteiger partial charge is 0.507 e. The summed E-state index contributed by atoms with van der Waals surface area (Å²) in [6.45, 7) is 2.20. The van der Waals surface area contributed by atoms with Crippen LogP contribution in [0.15, 0.2) is 48.5 Å². The van der Waals surface area contributed by atoms with Gasteiger partial charge in [-0.2, -0.15) is 0 Å². The first-order chi connectivity index (χ1) is 12.1. The fourth-order valence-electron chi connectivity index (χ4n) is 4.91. The molecule has 0 aromatic heterocycles. The second kappa shape index (κ2) is 4.92. The molecule has 3 nitrogen and oxygen atoms in total. The Morgan fingerprint density at radius 2 is 1.80 bits per heavy atom. The van der Waals surface area contributed by atoms with Gasteiger partial charge in [0.1, 0.15) is 23.0 Å². The molecule has 2 aliphatic rings. The third kappa shape index (κ3) is 1.92. The molecule has 0 aliphatic heterocycles. The second-order valence-electron chi connectivity index (χ2n) is 7.58. The average molecular weight is 332 g/mol. The molecule has 0 spiro atoms. The zero-order chi connectivity index (χ0) is 17.2. The molecule has 3 aromatic carbocycles. The van der Waals surface area contributed by atoms with Crippen LogP contribution in [0.5, 0.6) is 23.0 Å². The van der Waals surface area contributed by atoms with Gasteiger partial charge in [0.2, 0.25) is 0 Å². The SMILES string of the molecule is CC12CCC(C1)c1c2c(O)c2cccc(Oc3ccccc3)c2c1O. The topological polar surface area (TPSA) is 49.7 Å². The number of para-hydroxylation sites is 1.